The molecule has 226 valence electrons. The van der Waals surface area contributed by atoms with Crippen LogP contribution >= 0.6 is 62.3 Å². The Bertz CT molecular complexity index is 1630. The van der Waals surface area contributed by atoms with Crippen LogP contribution in [0.3, 0.4) is 0 Å². The van der Waals surface area contributed by atoms with Crippen molar-refractivity contribution < 1.29 is 19.1 Å². The highest BCUT2D eigenvalue weighted by Gasteiger charge is 2.67. The van der Waals surface area contributed by atoms with Gasteiger partial charge in [-0.1, -0.05) is 29.3 Å². The van der Waals surface area contributed by atoms with Crippen molar-refractivity contribution in [2.45, 2.75) is 49.0 Å². The number of alkyl halides is 2. The van der Waals surface area contributed by atoms with E-state index in [0.29, 0.717) is 22.1 Å². The Morgan fingerprint density at radius 3 is 2.33 bits per heavy atom. The van der Waals surface area contributed by atoms with Crippen LogP contribution in [0.1, 0.15) is 53.6 Å². The van der Waals surface area contributed by atoms with E-state index in [2.05, 4.69) is 26.6 Å². The van der Waals surface area contributed by atoms with Crippen molar-refractivity contribution in [1.82, 2.24) is 0 Å². The summed E-state index contributed by atoms with van der Waals surface area (Å²) in [6.07, 6.45) is 2.33. The number of ether oxygens (including phenoxy) is 1. The summed E-state index contributed by atoms with van der Waals surface area (Å²) in [6, 6.07) is 15.1. The third-order valence-electron chi connectivity index (χ3n) is 7.98. The maximum atomic E-state index is 13.2. The van der Waals surface area contributed by atoms with Crippen LogP contribution in [0.4, 0.5) is 21.9 Å². The summed E-state index contributed by atoms with van der Waals surface area (Å²) in [7, 11) is 1.65. The molecule has 0 aromatic heterocycles. The Balaban J connectivity index is 1.25. The fraction of sp³-hybridized carbons (Fsp3) is 0.323. The van der Waals surface area contributed by atoms with Crippen LogP contribution in [0.15, 0.2) is 59.1 Å². The van der Waals surface area contributed by atoms with Gasteiger partial charge in [-0.05, 0) is 109 Å². The molecule has 3 aromatic rings. The number of benzene rings is 3. The lowest BCUT2D eigenvalue weighted by molar-refractivity contribution is -0.117. The minimum atomic E-state index is -1.31. The second-order valence-electron chi connectivity index (χ2n) is 11.2. The van der Waals surface area contributed by atoms with E-state index in [1.54, 1.807) is 43.4 Å². The monoisotopic (exact) mass is 725 g/mol. The van der Waals surface area contributed by atoms with Gasteiger partial charge in [-0.3, -0.25) is 14.5 Å². The molecule has 2 saturated carbocycles. The summed E-state index contributed by atoms with van der Waals surface area (Å²) >= 11 is 28.9. The average Bonchev–Trinajstić information content (AvgIpc) is 3.52. The molecule has 2 unspecified atom stereocenters. The molecule has 2 N–H and O–H groups in total. The van der Waals surface area contributed by atoms with Gasteiger partial charge in [-0.25, -0.2) is 4.79 Å². The first-order valence-corrected chi connectivity index (χ1v) is 15.8. The zero-order valence-electron chi connectivity index (χ0n) is 23.4. The summed E-state index contributed by atoms with van der Waals surface area (Å²) in [5, 5.41) is 6.35. The summed E-state index contributed by atoms with van der Waals surface area (Å²) in [6.45, 7) is 3.75. The van der Waals surface area contributed by atoms with Crippen LogP contribution in [-0.4, -0.2) is 34.9 Å². The predicted molar refractivity (Wildman–Crippen MR) is 176 cm³/mol. The summed E-state index contributed by atoms with van der Waals surface area (Å²) in [5.74, 6) is -2.05. The van der Waals surface area contributed by atoms with Crippen molar-refractivity contribution in [3.8, 4) is 0 Å². The Morgan fingerprint density at radius 1 is 0.977 bits per heavy atom. The van der Waals surface area contributed by atoms with Gasteiger partial charge in [0.15, 0.2) is 0 Å². The lowest BCUT2D eigenvalue weighted by Gasteiger charge is -2.38. The molecular weight excluding hydrogens is 700 g/mol. The molecule has 2 aliphatic carbocycles. The van der Waals surface area contributed by atoms with Crippen molar-refractivity contribution in [3.05, 3.63) is 85.8 Å². The molecule has 43 heavy (non-hydrogen) atoms. The van der Waals surface area contributed by atoms with E-state index in [1.807, 2.05) is 19.9 Å². The van der Waals surface area contributed by atoms with E-state index in [0.717, 1.165) is 34.9 Å². The maximum Gasteiger partial charge on any atom is 0.414 e. The molecule has 2 atom stereocenters. The highest BCUT2D eigenvalue weighted by molar-refractivity contribution is 9.10. The molecule has 12 heteroatoms. The Kier molecular flexibility index (Phi) is 9.00. The van der Waals surface area contributed by atoms with E-state index >= 15 is 0 Å². The molecule has 0 heterocycles. The molecule has 0 radical (unpaired) electrons. The first-order valence-electron chi connectivity index (χ1n) is 13.5. The molecule has 0 aliphatic heterocycles. The van der Waals surface area contributed by atoms with Gasteiger partial charge in [0, 0.05) is 34.5 Å². The molecule has 0 saturated heterocycles. The number of anilines is 3. The number of hydrogen-bond acceptors (Lipinski definition) is 4. The van der Waals surface area contributed by atoms with Crippen molar-refractivity contribution >= 4 is 97.3 Å². The molecular formula is C31H28BrCl4N3O4. The molecule has 3 amide bonds. The maximum absolute atomic E-state index is 13.2. The van der Waals surface area contributed by atoms with Crippen LogP contribution in [-0.2, 0) is 9.53 Å². The quantitative estimate of drug-likeness (QED) is 0.238. The lowest BCUT2D eigenvalue weighted by atomic mass is 9.82. The lowest BCUT2D eigenvalue weighted by Crippen LogP contribution is -2.42. The number of hydrogen-bond donors (Lipinski definition) is 2. The Labute approximate surface area is 278 Å². The Morgan fingerprint density at radius 2 is 1.70 bits per heavy atom. The number of nitrogens with one attached hydrogen (secondary N) is 2. The van der Waals surface area contributed by atoms with E-state index in [1.165, 1.54) is 17.0 Å². The van der Waals surface area contributed by atoms with Gasteiger partial charge in [0.25, 0.3) is 5.91 Å². The third-order valence-corrected chi connectivity index (χ3v) is 10.5. The largest absolute Gasteiger partial charge is 0.443 e. The minimum Gasteiger partial charge on any atom is -0.443 e. The minimum absolute atomic E-state index is 0.160. The van der Waals surface area contributed by atoms with Gasteiger partial charge in [0.1, 0.15) is 9.93 Å². The molecule has 2 fully saturated rings. The van der Waals surface area contributed by atoms with Crippen LogP contribution < -0.4 is 15.5 Å². The summed E-state index contributed by atoms with van der Waals surface area (Å²) in [4.78, 5) is 40.5. The molecule has 5 rings (SSSR count). The Hall–Kier alpha value is -2.49. The average molecular weight is 728 g/mol. The second kappa shape index (κ2) is 12.1. The SMILES string of the molecule is Cc1cc(N(C)C(=O)OC2(C)CCC2)ccc1NC(=O)c1cc(NC(=O)C2C(c3ccc(Br)c(Cl)c3)C2(Cl)Cl)ccc1Cl. The summed E-state index contributed by atoms with van der Waals surface area (Å²) in [5.41, 5.74) is 2.75. The van der Waals surface area contributed by atoms with Gasteiger partial charge < -0.3 is 15.4 Å². The van der Waals surface area contributed by atoms with E-state index in [4.69, 9.17) is 51.1 Å². The number of amides is 3. The zero-order chi connectivity index (χ0) is 31.3. The van der Waals surface area contributed by atoms with Crippen LogP contribution in [0, 0.1) is 12.8 Å². The van der Waals surface area contributed by atoms with Gasteiger partial charge in [-0.15, -0.1) is 23.2 Å². The van der Waals surface area contributed by atoms with E-state index < -0.39 is 39.7 Å². The van der Waals surface area contributed by atoms with Gasteiger partial charge in [0.2, 0.25) is 5.91 Å². The number of aryl methyl sites for hydroxylation is 1. The highest BCUT2D eigenvalue weighted by atomic mass is 79.9. The molecule has 7 nitrogen and oxygen atoms in total. The predicted octanol–water partition coefficient (Wildman–Crippen LogP) is 9.36. The summed E-state index contributed by atoms with van der Waals surface area (Å²) < 4.78 is 5.07. The fourth-order valence-electron chi connectivity index (χ4n) is 5.12. The van der Waals surface area contributed by atoms with Crippen LogP contribution in [0.2, 0.25) is 10.0 Å². The number of nitrogens with zero attached hydrogens (tertiary/aromatic N) is 1. The number of halogens is 5. The topological polar surface area (TPSA) is 87.7 Å². The van der Waals surface area contributed by atoms with Crippen molar-refractivity contribution in [3.63, 3.8) is 0 Å². The number of carbonyl (C=O) groups excluding carboxylic acids is 3. The molecule has 0 spiro atoms. The standard InChI is InChI=1S/C31H28BrCl4N3O4/c1-16-13-19(39(3)29(42)43-30(2)11-4-12-30)7-10-24(16)38-27(40)20-15-18(6-9-22(20)33)37-28(41)26-25(31(26,35)36)17-5-8-21(32)23(34)14-17/h5-10,13-15,25-26H,4,11-12H2,1-3H3,(H,37,41)(H,38,40). The third kappa shape index (κ3) is 6.64. The smallest absolute Gasteiger partial charge is 0.414 e. The van der Waals surface area contributed by atoms with E-state index in [9.17, 15) is 14.4 Å². The van der Waals surface area contributed by atoms with Crippen LogP contribution in [0.25, 0.3) is 0 Å². The second-order valence-corrected chi connectivity index (χ2v) is 14.3. The fourth-order valence-corrected chi connectivity index (χ4v) is 6.59. The van der Waals surface area contributed by atoms with Crippen molar-refractivity contribution in [2.75, 3.05) is 22.6 Å². The number of rotatable bonds is 7. The first-order chi connectivity index (χ1) is 20.2. The molecule has 3 aromatic carbocycles. The highest BCUT2D eigenvalue weighted by Crippen LogP contribution is 2.65. The van der Waals surface area contributed by atoms with Gasteiger partial charge in [-0.2, -0.15) is 0 Å². The van der Waals surface area contributed by atoms with Crippen molar-refractivity contribution in [1.29, 1.82) is 0 Å². The van der Waals surface area contributed by atoms with Gasteiger partial charge in [0.05, 0.1) is 21.5 Å². The molecule has 0 bridgehead atoms. The van der Waals surface area contributed by atoms with Crippen LogP contribution in [0.5, 0.6) is 0 Å². The van der Waals surface area contributed by atoms with Crippen molar-refractivity contribution in [2.24, 2.45) is 5.92 Å². The first kappa shape index (κ1) is 31.9. The molecule has 2 aliphatic rings. The zero-order valence-corrected chi connectivity index (χ0v) is 28.1. The number of carbonyl (C=O) groups is 3. The normalized spacial score (nSPS) is 19.5. The van der Waals surface area contributed by atoms with Gasteiger partial charge >= 0.3 is 6.09 Å². The van der Waals surface area contributed by atoms with E-state index in [-0.39, 0.29) is 10.6 Å².